The maximum absolute atomic E-state index is 12.0. The van der Waals surface area contributed by atoms with Gasteiger partial charge in [0.25, 0.3) is 0 Å². The molecule has 0 unspecified atom stereocenters. The average molecular weight is 127 g/mol. The molecule has 0 aromatic rings. The molecule has 1 aliphatic carbocycles. The highest BCUT2D eigenvalue weighted by Crippen LogP contribution is 2.15. The third-order valence-electron chi connectivity index (χ3n) is 0.847. The van der Waals surface area contributed by atoms with E-state index in [1.165, 1.54) is 0 Å². The summed E-state index contributed by atoms with van der Waals surface area (Å²) in [6.45, 7) is 0. The van der Waals surface area contributed by atoms with Crippen LogP contribution in [0.5, 0.6) is 0 Å². The SMILES string of the molecule is [N-]=C1C=C(F)C=C(F)[CH+]1. The van der Waals surface area contributed by atoms with E-state index in [0.29, 0.717) is 6.08 Å². The summed E-state index contributed by atoms with van der Waals surface area (Å²) in [7, 11) is 0. The maximum Gasteiger partial charge on any atom is 0.232 e. The predicted octanol–water partition coefficient (Wildman–Crippen LogP) is 1.92. The van der Waals surface area contributed by atoms with Crippen LogP contribution in [-0.2, 0) is 0 Å². The zero-order valence-corrected chi connectivity index (χ0v) is 4.44. The van der Waals surface area contributed by atoms with Crippen LogP contribution < -0.4 is 0 Å². The lowest BCUT2D eigenvalue weighted by molar-refractivity contribution is 0.622. The Labute approximate surface area is 51.2 Å². The topological polar surface area (TPSA) is 22.3 Å². The molecule has 0 N–H and O–H groups in total. The third-order valence-corrected chi connectivity index (χ3v) is 0.847. The standard InChI is InChI=1S/C6H3F2N/c7-4-1-5(8)3-6(9)2-4/h1-3H. The molecule has 0 fully saturated rings. The first-order valence-electron chi connectivity index (χ1n) is 2.33. The van der Waals surface area contributed by atoms with Gasteiger partial charge in [-0.25, -0.2) is 0 Å². The fraction of sp³-hybridized carbons (Fsp3) is 0. The van der Waals surface area contributed by atoms with Crippen molar-refractivity contribution in [1.29, 1.82) is 0 Å². The van der Waals surface area contributed by atoms with Crippen molar-refractivity contribution in [1.82, 2.24) is 0 Å². The highest BCUT2D eigenvalue weighted by molar-refractivity contribution is 6.07. The average Bonchev–Trinajstić information content (AvgIpc) is 1.59. The summed E-state index contributed by atoms with van der Waals surface area (Å²) in [5.41, 5.74) is -0.396. The van der Waals surface area contributed by atoms with Gasteiger partial charge in [0.15, 0.2) is 0 Å². The summed E-state index contributed by atoms with van der Waals surface area (Å²) >= 11 is 0. The number of rotatable bonds is 0. The van der Waals surface area contributed by atoms with Crippen molar-refractivity contribution in [3.8, 4) is 0 Å². The minimum absolute atomic E-state index is 0.396. The molecule has 9 heavy (non-hydrogen) atoms. The minimum atomic E-state index is -0.771. The number of allylic oxidation sites excluding steroid dienone is 4. The third kappa shape index (κ3) is 1.38. The van der Waals surface area contributed by atoms with E-state index < -0.39 is 17.4 Å². The molecule has 1 aliphatic rings. The van der Waals surface area contributed by atoms with Crippen molar-refractivity contribution >= 4 is 5.71 Å². The van der Waals surface area contributed by atoms with Gasteiger partial charge in [0.05, 0.1) is 12.5 Å². The molecule has 0 aromatic carbocycles. The van der Waals surface area contributed by atoms with Gasteiger partial charge >= 0.3 is 0 Å². The van der Waals surface area contributed by atoms with Gasteiger partial charge in [-0.1, -0.05) is 0 Å². The Hall–Kier alpha value is -1.12. The van der Waals surface area contributed by atoms with Crippen LogP contribution in [0.1, 0.15) is 0 Å². The first kappa shape index (κ1) is 6.01. The van der Waals surface area contributed by atoms with Gasteiger partial charge in [-0.05, 0) is 5.71 Å². The van der Waals surface area contributed by atoms with Gasteiger partial charge in [-0.15, -0.1) is 0 Å². The summed E-state index contributed by atoms with van der Waals surface area (Å²) in [5.74, 6) is -1.54. The highest BCUT2D eigenvalue weighted by atomic mass is 19.1. The molecule has 0 heterocycles. The summed E-state index contributed by atoms with van der Waals surface area (Å²) in [6, 6.07) is 0. The lowest BCUT2D eigenvalue weighted by atomic mass is 10.1. The number of halogens is 2. The van der Waals surface area contributed by atoms with Crippen molar-refractivity contribution in [2.75, 3.05) is 0 Å². The van der Waals surface area contributed by atoms with Gasteiger partial charge in [-0.2, -0.15) is 8.78 Å². The van der Waals surface area contributed by atoms with Crippen LogP contribution in [0.3, 0.4) is 0 Å². The van der Waals surface area contributed by atoms with Crippen LogP contribution >= 0.6 is 0 Å². The van der Waals surface area contributed by atoms with Crippen molar-refractivity contribution in [3.63, 3.8) is 0 Å². The molecule has 46 valence electrons. The Kier molecular flexibility index (Phi) is 1.34. The molecule has 3 heteroatoms. The highest BCUT2D eigenvalue weighted by Gasteiger charge is 2.12. The van der Waals surface area contributed by atoms with Gasteiger partial charge in [-0.3, -0.25) is 0 Å². The molecule has 0 bridgehead atoms. The molecule has 0 aliphatic heterocycles. The van der Waals surface area contributed by atoms with E-state index >= 15 is 0 Å². The van der Waals surface area contributed by atoms with Crippen LogP contribution in [0.15, 0.2) is 23.8 Å². The van der Waals surface area contributed by atoms with E-state index in [1.807, 2.05) is 0 Å². The Bertz CT molecular complexity index is 203. The summed E-state index contributed by atoms with van der Waals surface area (Å²) < 4.78 is 24.1. The van der Waals surface area contributed by atoms with Crippen molar-refractivity contribution in [3.05, 3.63) is 35.6 Å². The fourth-order valence-electron chi connectivity index (χ4n) is 0.539. The molecular weight excluding hydrogens is 124 g/mol. The molecule has 0 spiro atoms. The number of nitrogens with zero attached hydrogens (tertiary/aromatic N) is 1. The molecule has 0 saturated carbocycles. The molecule has 0 saturated heterocycles. The van der Waals surface area contributed by atoms with E-state index in [4.69, 9.17) is 5.41 Å². The second kappa shape index (κ2) is 2.01. The summed E-state index contributed by atoms with van der Waals surface area (Å²) in [5, 5.41) is 8.51. The normalized spacial score (nSPS) is 18.2. The van der Waals surface area contributed by atoms with E-state index in [0.717, 1.165) is 12.5 Å². The van der Waals surface area contributed by atoms with E-state index in [1.54, 1.807) is 0 Å². The van der Waals surface area contributed by atoms with Crippen LogP contribution in [0.4, 0.5) is 8.78 Å². The van der Waals surface area contributed by atoms with E-state index in [-0.39, 0.29) is 0 Å². The number of hydrogen-bond donors (Lipinski definition) is 0. The maximum atomic E-state index is 12.0. The monoisotopic (exact) mass is 127 g/mol. The van der Waals surface area contributed by atoms with Crippen LogP contribution in [-0.4, -0.2) is 5.71 Å². The van der Waals surface area contributed by atoms with Gasteiger partial charge in [0, 0.05) is 0 Å². The molecule has 1 nitrogen and oxygen atoms in total. The number of hydrogen-bond acceptors (Lipinski definition) is 0. The largest absolute Gasteiger partial charge is 0.779 e. The second-order valence-corrected chi connectivity index (χ2v) is 1.63. The van der Waals surface area contributed by atoms with Crippen LogP contribution in [0, 0.1) is 6.42 Å². The molecule has 0 radical (unpaired) electrons. The van der Waals surface area contributed by atoms with Crippen molar-refractivity contribution < 1.29 is 8.78 Å². The van der Waals surface area contributed by atoms with Gasteiger partial charge in [0.2, 0.25) is 11.7 Å². The fourth-order valence-corrected chi connectivity index (χ4v) is 0.539. The Morgan fingerprint density at radius 2 is 2.00 bits per heavy atom. The molecule has 1 rings (SSSR count). The molecule has 0 atom stereocenters. The molecular formula is C6H3F2N. The Morgan fingerprint density at radius 1 is 1.33 bits per heavy atom. The smallest absolute Gasteiger partial charge is 0.232 e. The minimum Gasteiger partial charge on any atom is -0.779 e. The summed E-state index contributed by atoms with van der Waals surface area (Å²) in [6.07, 6.45) is 2.37. The van der Waals surface area contributed by atoms with E-state index in [9.17, 15) is 8.78 Å². The zero-order valence-electron chi connectivity index (χ0n) is 4.44. The van der Waals surface area contributed by atoms with Gasteiger partial charge < -0.3 is 5.41 Å². The van der Waals surface area contributed by atoms with Crippen molar-refractivity contribution in [2.24, 2.45) is 0 Å². The summed E-state index contributed by atoms with van der Waals surface area (Å²) in [4.78, 5) is 0. The lowest BCUT2D eigenvalue weighted by Gasteiger charge is -1.99. The van der Waals surface area contributed by atoms with Crippen LogP contribution in [0.25, 0.3) is 5.41 Å². The second-order valence-electron chi connectivity index (χ2n) is 1.63. The Balaban J connectivity index is 2.86. The predicted molar refractivity (Wildman–Crippen MR) is 31.0 cm³/mol. The van der Waals surface area contributed by atoms with Crippen molar-refractivity contribution in [2.45, 2.75) is 0 Å². The first-order valence-corrected chi connectivity index (χ1v) is 2.33. The quantitative estimate of drug-likeness (QED) is 0.443. The molecule has 0 amide bonds. The zero-order chi connectivity index (χ0) is 6.85. The Morgan fingerprint density at radius 3 is 2.44 bits per heavy atom. The lowest BCUT2D eigenvalue weighted by Crippen LogP contribution is -1.97. The first-order chi connectivity index (χ1) is 4.18. The van der Waals surface area contributed by atoms with Gasteiger partial charge in [0.1, 0.15) is 6.08 Å². The molecule has 0 aromatic heterocycles. The van der Waals surface area contributed by atoms with Crippen LogP contribution in [0.2, 0.25) is 0 Å². The van der Waals surface area contributed by atoms with E-state index in [2.05, 4.69) is 0 Å².